The van der Waals surface area contributed by atoms with Crippen LogP contribution in [0.4, 0.5) is 0 Å². The van der Waals surface area contributed by atoms with Gasteiger partial charge in [0.2, 0.25) is 11.8 Å². The lowest BCUT2D eigenvalue weighted by Gasteiger charge is -2.17. The van der Waals surface area contributed by atoms with Gasteiger partial charge in [-0.1, -0.05) is 31.2 Å². The van der Waals surface area contributed by atoms with Crippen molar-refractivity contribution >= 4 is 5.91 Å². The van der Waals surface area contributed by atoms with Crippen molar-refractivity contribution in [3.05, 3.63) is 65.5 Å². The molecule has 0 aliphatic heterocycles. The Morgan fingerprint density at radius 3 is 2.63 bits per heavy atom. The van der Waals surface area contributed by atoms with Gasteiger partial charge in [0.15, 0.2) is 11.5 Å². The molecule has 1 unspecified atom stereocenters. The molecule has 0 aliphatic rings. The third-order valence-electron chi connectivity index (χ3n) is 4.77. The second-order valence-corrected chi connectivity index (χ2v) is 7.11. The molecule has 0 saturated carbocycles. The number of nitrogens with one attached hydrogen (secondary N) is 1. The fraction of sp³-hybridized carbons (Fsp3) is 0.333. The van der Waals surface area contributed by atoms with Crippen LogP contribution in [0.25, 0.3) is 11.5 Å². The Hall–Kier alpha value is -3.28. The number of amides is 1. The molecule has 3 aromatic rings. The molecule has 0 radical (unpaired) electrons. The van der Waals surface area contributed by atoms with Crippen LogP contribution in [0.5, 0.6) is 11.5 Å². The average molecular weight is 408 g/mol. The van der Waals surface area contributed by atoms with E-state index in [1.54, 1.807) is 7.11 Å². The second kappa shape index (κ2) is 9.96. The van der Waals surface area contributed by atoms with Gasteiger partial charge >= 0.3 is 0 Å². The highest BCUT2D eigenvalue weighted by molar-refractivity contribution is 5.79. The quantitative estimate of drug-likeness (QED) is 0.547. The van der Waals surface area contributed by atoms with Crippen LogP contribution in [-0.4, -0.2) is 24.6 Å². The standard InChI is InChI=1S/C24H28N2O4/c1-5-13-29-21-12-11-19(14-22(21)28-4)16(2)25-23(27)15-20-17(3)30-24(26-20)18-9-7-6-8-10-18/h6-12,14,16H,5,13,15H2,1-4H3,(H,25,27). The predicted octanol–water partition coefficient (Wildman–Crippen LogP) is 4.87. The number of methoxy groups -OCH3 is 1. The summed E-state index contributed by atoms with van der Waals surface area (Å²) in [5.41, 5.74) is 2.46. The summed E-state index contributed by atoms with van der Waals surface area (Å²) in [6.07, 6.45) is 1.08. The Balaban J connectivity index is 1.66. The molecule has 6 heteroatoms. The number of rotatable bonds is 9. The van der Waals surface area contributed by atoms with E-state index in [0.717, 1.165) is 17.5 Å². The summed E-state index contributed by atoms with van der Waals surface area (Å²) in [4.78, 5) is 17.1. The number of aromatic nitrogens is 1. The maximum atomic E-state index is 12.6. The van der Waals surface area contributed by atoms with Gasteiger partial charge in [-0.05, 0) is 50.1 Å². The van der Waals surface area contributed by atoms with E-state index in [-0.39, 0.29) is 18.4 Å². The van der Waals surface area contributed by atoms with Crippen molar-refractivity contribution in [1.82, 2.24) is 10.3 Å². The third kappa shape index (κ3) is 5.20. The summed E-state index contributed by atoms with van der Waals surface area (Å²) < 4.78 is 16.9. The summed E-state index contributed by atoms with van der Waals surface area (Å²) in [7, 11) is 1.61. The molecule has 0 fully saturated rings. The van der Waals surface area contributed by atoms with E-state index in [2.05, 4.69) is 17.2 Å². The van der Waals surface area contributed by atoms with Crippen molar-refractivity contribution in [2.24, 2.45) is 0 Å². The summed E-state index contributed by atoms with van der Waals surface area (Å²) in [5, 5.41) is 3.02. The topological polar surface area (TPSA) is 73.6 Å². The smallest absolute Gasteiger partial charge is 0.226 e. The number of hydrogen-bond acceptors (Lipinski definition) is 5. The molecule has 1 N–H and O–H groups in total. The van der Waals surface area contributed by atoms with E-state index in [1.807, 2.05) is 62.4 Å². The maximum absolute atomic E-state index is 12.6. The van der Waals surface area contributed by atoms with E-state index >= 15 is 0 Å². The van der Waals surface area contributed by atoms with Crippen LogP contribution >= 0.6 is 0 Å². The Labute approximate surface area is 177 Å². The zero-order valence-corrected chi connectivity index (χ0v) is 17.9. The molecule has 1 aromatic heterocycles. The summed E-state index contributed by atoms with van der Waals surface area (Å²) in [6.45, 7) is 6.44. The first-order valence-corrected chi connectivity index (χ1v) is 10.1. The maximum Gasteiger partial charge on any atom is 0.226 e. The number of carbonyl (C=O) groups excluding carboxylic acids is 1. The molecular weight excluding hydrogens is 380 g/mol. The molecule has 0 aliphatic carbocycles. The zero-order valence-electron chi connectivity index (χ0n) is 17.9. The van der Waals surface area contributed by atoms with Crippen LogP contribution in [0.15, 0.2) is 52.9 Å². The minimum absolute atomic E-state index is 0.121. The highest BCUT2D eigenvalue weighted by Gasteiger charge is 2.17. The second-order valence-electron chi connectivity index (χ2n) is 7.11. The van der Waals surface area contributed by atoms with Gasteiger partial charge in [0.25, 0.3) is 0 Å². The van der Waals surface area contributed by atoms with Gasteiger partial charge in [-0.3, -0.25) is 4.79 Å². The Bertz CT molecular complexity index is 982. The van der Waals surface area contributed by atoms with Gasteiger partial charge in [0.1, 0.15) is 5.76 Å². The molecule has 0 saturated heterocycles. The Morgan fingerprint density at radius 2 is 1.93 bits per heavy atom. The number of benzene rings is 2. The van der Waals surface area contributed by atoms with Gasteiger partial charge in [-0.15, -0.1) is 0 Å². The molecule has 3 rings (SSSR count). The first-order chi connectivity index (χ1) is 14.5. The zero-order chi connectivity index (χ0) is 21.5. The molecule has 30 heavy (non-hydrogen) atoms. The minimum atomic E-state index is -0.188. The first kappa shape index (κ1) is 21.4. The van der Waals surface area contributed by atoms with Crippen LogP contribution in [-0.2, 0) is 11.2 Å². The van der Waals surface area contributed by atoms with E-state index in [1.165, 1.54) is 0 Å². The fourth-order valence-corrected chi connectivity index (χ4v) is 3.11. The molecule has 1 amide bonds. The molecule has 2 aromatic carbocycles. The van der Waals surface area contributed by atoms with Crippen molar-refractivity contribution in [2.75, 3.05) is 13.7 Å². The SMILES string of the molecule is CCCOc1ccc(C(C)NC(=O)Cc2nc(-c3ccccc3)oc2C)cc1OC. The largest absolute Gasteiger partial charge is 0.493 e. The Morgan fingerprint density at radius 1 is 1.17 bits per heavy atom. The summed E-state index contributed by atoms with van der Waals surface area (Å²) >= 11 is 0. The lowest BCUT2D eigenvalue weighted by molar-refractivity contribution is -0.121. The summed E-state index contributed by atoms with van der Waals surface area (Å²) in [6, 6.07) is 15.2. The van der Waals surface area contributed by atoms with Crippen molar-refractivity contribution in [3.8, 4) is 23.0 Å². The van der Waals surface area contributed by atoms with Gasteiger partial charge in [-0.2, -0.15) is 0 Å². The van der Waals surface area contributed by atoms with Crippen molar-refractivity contribution in [1.29, 1.82) is 0 Å². The number of aryl methyl sites for hydroxylation is 1. The molecule has 0 bridgehead atoms. The molecule has 6 nitrogen and oxygen atoms in total. The monoisotopic (exact) mass is 408 g/mol. The van der Waals surface area contributed by atoms with Crippen molar-refractivity contribution in [2.45, 2.75) is 39.7 Å². The summed E-state index contributed by atoms with van der Waals surface area (Å²) in [5.74, 6) is 2.41. The highest BCUT2D eigenvalue weighted by Crippen LogP contribution is 2.30. The van der Waals surface area contributed by atoms with E-state index in [4.69, 9.17) is 13.9 Å². The third-order valence-corrected chi connectivity index (χ3v) is 4.77. The van der Waals surface area contributed by atoms with Gasteiger partial charge in [0, 0.05) is 5.56 Å². The van der Waals surface area contributed by atoms with Gasteiger partial charge in [-0.25, -0.2) is 4.98 Å². The van der Waals surface area contributed by atoms with Crippen molar-refractivity contribution < 1.29 is 18.7 Å². The number of carbonyl (C=O) groups is 1. The van der Waals surface area contributed by atoms with Gasteiger partial charge < -0.3 is 19.2 Å². The van der Waals surface area contributed by atoms with Crippen LogP contribution in [0.3, 0.4) is 0 Å². The van der Waals surface area contributed by atoms with Gasteiger partial charge in [0.05, 0.1) is 31.9 Å². The minimum Gasteiger partial charge on any atom is -0.493 e. The van der Waals surface area contributed by atoms with Crippen LogP contribution < -0.4 is 14.8 Å². The fourth-order valence-electron chi connectivity index (χ4n) is 3.11. The predicted molar refractivity (Wildman–Crippen MR) is 116 cm³/mol. The normalized spacial score (nSPS) is 11.7. The number of oxazole rings is 1. The number of hydrogen-bond donors (Lipinski definition) is 1. The number of nitrogens with zero attached hydrogens (tertiary/aromatic N) is 1. The molecule has 1 heterocycles. The molecule has 1 atom stereocenters. The van der Waals surface area contributed by atoms with E-state index < -0.39 is 0 Å². The molecule has 158 valence electrons. The lowest BCUT2D eigenvalue weighted by atomic mass is 10.1. The van der Waals surface area contributed by atoms with E-state index in [9.17, 15) is 4.79 Å². The van der Waals surface area contributed by atoms with E-state index in [0.29, 0.717) is 35.5 Å². The van der Waals surface area contributed by atoms with Crippen LogP contribution in [0.1, 0.15) is 43.3 Å². The first-order valence-electron chi connectivity index (χ1n) is 10.1. The number of ether oxygens (including phenoxy) is 2. The Kier molecular flexibility index (Phi) is 7.12. The molecule has 0 spiro atoms. The average Bonchev–Trinajstić information content (AvgIpc) is 3.12. The molecular formula is C24H28N2O4. The van der Waals surface area contributed by atoms with Crippen LogP contribution in [0, 0.1) is 6.92 Å². The van der Waals surface area contributed by atoms with Crippen molar-refractivity contribution in [3.63, 3.8) is 0 Å². The lowest BCUT2D eigenvalue weighted by Crippen LogP contribution is -2.28. The van der Waals surface area contributed by atoms with Crippen LogP contribution in [0.2, 0.25) is 0 Å². The highest BCUT2D eigenvalue weighted by atomic mass is 16.5.